The molecule has 0 aliphatic carbocycles. The lowest BCUT2D eigenvalue weighted by Crippen LogP contribution is -2.57. The highest BCUT2D eigenvalue weighted by atomic mass is 16.5. The van der Waals surface area contributed by atoms with Gasteiger partial charge in [-0.25, -0.2) is 0 Å². The Morgan fingerprint density at radius 2 is 0.684 bits per heavy atom. The lowest BCUT2D eigenvalue weighted by atomic mass is 9.35. The summed E-state index contributed by atoms with van der Waals surface area (Å²) in [5.41, 5.74) is 18.3. The molecule has 356 valence electrons. The lowest BCUT2D eigenvalue weighted by Gasteiger charge is -2.34. The Bertz CT molecular complexity index is 4400. The molecule has 0 saturated carbocycles. The lowest BCUT2D eigenvalue weighted by molar-refractivity contribution is 0.464. The third kappa shape index (κ3) is 6.32. The molecule has 2 aromatic heterocycles. The first kappa shape index (κ1) is 42.9. The van der Waals surface area contributed by atoms with Crippen molar-refractivity contribution in [2.45, 2.75) is 19.8 Å². The molecule has 0 amide bonds. The topological polar surface area (TPSA) is 28.3 Å². The zero-order valence-corrected chi connectivity index (χ0v) is 42.0. The second-order valence-corrected chi connectivity index (χ2v) is 20.9. The van der Waals surface area contributed by atoms with E-state index in [0.717, 1.165) is 84.0 Å². The average Bonchev–Trinajstić information content (AvgIpc) is 4.01. The highest BCUT2D eigenvalue weighted by Gasteiger charge is 2.41. The Morgan fingerprint density at radius 1 is 0.316 bits per heavy atom. The number of nitrogens with zero attached hydrogens (tertiary/aromatic N) is 2. The summed E-state index contributed by atoms with van der Waals surface area (Å²) in [5, 5.41) is 9.84. The summed E-state index contributed by atoms with van der Waals surface area (Å²) < 4.78 is 19.4. The first-order valence-corrected chi connectivity index (χ1v) is 26.5. The molecule has 0 fully saturated rings. The first-order valence-electron chi connectivity index (χ1n) is 26.5. The molecule has 0 bridgehead atoms. The number of fused-ring (bicyclic) bond motifs is 12. The van der Waals surface area contributed by atoms with Crippen LogP contribution in [0, 0.1) is 0 Å². The van der Waals surface area contributed by atoms with Gasteiger partial charge in [-0.1, -0.05) is 190 Å². The Kier molecular flexibility index (Phi) is 9.29. The fraction of sp³-hybridized carbons (Fsp3) is 0.0423. The third-order valence-corrected chi connectivity index (χ3v) is 16.4. The van der Waals surface area contributed by atoms with Crippen molar-refractivity contribution in [3.8, 4) is 67.8 Å². The normalized spacial score (nSPS) is 12.6. The van der Waals surface area contributed by atoms with Gasteiger partial charge in [0.2, 0.25) is 0 Å². The fourth-order valence-corrected chi connectivity index (χ4v) is 13.0. The van der Waals surface area contributed by atoms with Crippen LogP contribution in [0.1, 0.15) is 25.3 Å². The van der Waals surface area contributed by atoms with Crippen molar-refractivity contribution in [3.63, 3.8) is 0 Å². The molecular formula is C71H47BN2O2. The molecule has 2 aliphatic rings. The van der Waals surface area contributed by atoms with Crippen molar-refractivity contribution in [2.24, 2.45) is 0 Å². The van der Waals surface area contributed by atoms with Gasteiger partial charge < -0.3 is 18.6 Å². The maximum Gasteiger partial charge on any atom is 0.260 e. The largest absolute Gasteiger partial charge is 0.458 e. The van der Waals surface area contributed by atoms with E-state index in [1.807, 2.05) is 0 Å². The van der Waals surface area contributed by atoms with Crippen LogP contribution in [0.2, 0.25) is 0 Å². The van der Waals surface area contributed by atoms with Crippen LogP contribution >= 0.6 is 0 Å². The molecule has 2 aliphatic heterocycles. The molecule has 0 radical (unpaired) electrons. The van der Waals surface area contributed by atoms with E-state index in [9.17, 15) is 0 Å². The van der Waals surface area contributed by atoms with Crippen LogP contribution in [-0.2, 0) is 0 Å². The molecule has 0 N–H and O–H groups in total. The molecule has 4 heterocycles. The van der Waals surface area contributed by atoms with Gasteiger partial charge in [-0.15, -0.1) is 0 Å². The second-order valence-electron chi connectivity index (χ2n) is 20.9. The molecular weight excluding hydrogens is 924 g/mol. The molecule has 0 unspecified atom stereocenters. The molecule has 12 aromatic carbocycles. The number of benzene rings is 12. The smallest absolute Gasteiger partial charge is 0.260 e. The maximum absolute atomic E-state index is 7.31. The van der Waals surface area contributed by atoms with E-state index in [2.05, 4.69) is 266 Å². The number of para-hydroxylation sites is 4. The van der Waals surface area contributed by atoms with Crippen LogP contribution in [0.25, 0.3) is 110 Å². The second kappa shape index (κ2) is 16.5. The number of ether oxygens (including phenoxy) is 2. The Labute approximate surface area is 440 Å². The van der Waals surface area contributed by atoms with Gasteiger partial charge in [0.15, 0.2) is 0 Å². The predicted octanol–water partition coefficient (Wildman–Crippen LogP) is 17.0. The first-order chi connectivity index (χ1) is 37.5. The summed E-state index contributed by atoms with van der Waals surface area (Å²) in [5.74, 6) is 3.56. The Morgan fingerprint density at radius 3 is 1.12 bits per heavy atom. The van der Waals surface area contributed by atoms with Crippen LogP contribution < -0.4 is 25.9 Å². The van der Waals surface area contributed by atoms with Crippen LogP contribution in [0.5, 0.6) is 23.0 Å². The zero-order chi connectivity index (χ0) is 50.2. The van der Waals surface area contributed by atoms with Gasteiger partial charge in [0.1, 0.15) is 23.0 Å². The van der Waals surface area contributed by atoms with E-state index in [4.69, 9.17) is 9.47 Å². The molecule has 76 heavy (non-hydrogen) atoms. The van der Waals surface area contributed by atoms with E-state index in [-0.39, 0.29) is 12.6 Å². The molecule has 16 rings (SSSR count). The highest BCUT2D eigenvalue weighted by molar-refractivity contribution is 6.98. The predicted molar refractivity (Wildman–Crippen MR) is 318 cm³/mol. The summed E-state index contributed by atoms with van der Waals surface area (Å²) in [7, 11) is 0. The molecule has 4 nitrogen and oxygen atoms in total. The fourth-order valence-electron chi connectivity index (χ4n) is 13.0. The molecule has 0 spiro atoms. The monoisotopic (exact) mass is 970 g/mol. The quantitative estimate of drug-likeness (QED) is 0.123. The van der Waals surface area contributed by atoms with Crippen molar-refractivity contribution >= 4 is 88.3 Å². The Hall–Kier alpha value is -9.58. The highest BCUT2D eigenvalue weighted by Crippen LogP contribution is 2.47. The van der Waals surface area contributed by atoms with Gasteiger partial charge in [0.05, 0.1) is 22.1 Å². The zero-order valence-electron chi connectivity index (χ0n) is 42.0. The summed E-state index contributed by atoms with van der Waals surface area (Å²) in [6.45, 7) is 4.45. The van der Waals surface area contributed by atoms with Gasteiger partial charge in [0.25, 0.3) is 6.71 Å². The SMILES string of the molecule is CC(C)c1cc(-c2cc3c4c(c2)Oc2cc(-n5c6ccccc6c6ccccc65)ccc2B4c2ccc(-n4c5ccccc5c5ccccc54)cc2O3)cc(-c2c3ccccc3c(-c3ccccc3)c3ccccc23)c1. The summed E-state index contributed by atoms with van der Waals surface area (Å²) in [6.07, 6.45) is 0. The average molecular weight is 971 g/mol. The third-order valence-electron chi connectivity index (χ3n) is 16.4. The summed E-state index contributed by atoms with van der Waals surface area (Å²) in [6, 6.07) is 88.8. The van der Waals surface area contributed by atoms with E-state index < -0.39 is 0 Å². The van der Waals surface area contributed by atoms with Crippen LogP contribution in [0.15, 0.2) is 243 Å². The number of rotatable bonds is 6. The molecule has 14 aromatic rings. The van der Waals surface area contributed by atoms with Crippen molar-refractivity contribution in [1.82, 2.24) is 9.13 Å². The summed E-state index contributed by atoms with van der Waals surface area (Å²) >= 11 is 0. The minimum Gasteiger partial charge on any atom is -0.458 e. The van der Waals surface area contributed by atoms with Crippen LogP contribution in [0.4, 0.5) is 0 Å². The molecule has 0 saturated heterocycles. The number of hydrogen-bond donors (Lipinski definition) is 0. The van der Waals surface area contributed by atoms with E-state index in [1.165, 1.54) is 70.9 Å². The number of hydrogen-bond acceptors (Lipinski definition) is 2. The minimum atomic E-state index is -0.135. The Balaban J connectivity index is 0.916. The standard InChI is InChI=1S/C71H47BN2O2/c1-43(2)45-36-46(38-48(37-45)70-57-26-8-6-24-55(57)69(44-18-4-3-5-19-44)56-25-7-9-27-58(56)70)47-39-67-71-68(40-47)76-66-42-50(74-63-30-16-12-22-53(63)54-23-13-17-31-64(54)74)33-35-60(66)72(71)59-34-32-49(41-65(59)75-67)73-61-28-14-10-20-51(61)52-21-11-15-29-62(52)73/h3-43H,1-2H3. The van der Waals surface area contributed by atoms with Gasteiger partial charge in [-0.3, -0.25) is 0 Å². The van der Waals surface area contributed by atoms with E-state index >= 15 is 0 Å². The van der Waals surface area contributed by atoms with Crippen LogP contribution in [0.3, 0.4) is 0 Å². The van der Waals surface area contributed by atoms with E-state index in [1.54, 1.807) is 0 Å². The van der Waals surface area contributed by atoms with Crippen molar-refractivity contribution in [1.29, 1.82) is 0 Å². The van der Waals surface area contributed by atoms with Gasteiger partial charge in [-0.2, -0.15) is 0 Å². The minimum absolute atomic E-state index is 0.135. The van der Waals surface area contributed by atoms with Gasteiger partial charge >= 0.3 is 0 Å². The van der Waals surface area contributed by atoms with Gasteiger partial charge in [-0.05, 0) is 132 Å². The van der Waals surface area contributed by atoms with Gasteiger partial charge in [0, 0.05) is 50.5 Å². The van der Waals surface area contributed by atoms with Crippen LogP contribution in [-0.4, -0.2) is 15.8 Å². The van der Waals surface area contributed by atoms with Crippen molar-refractivity contribution in [2.75, 3.05) is 0 Å². The van der Waals surface area contributed by atoms with Crippen molar-refractivity contribution in [3.05, 3.63) is 248 Å². The van der Waals surface area contributed by atoms with E-state index in [0.29, 0.717) is 0 Å². The maximum atomic E-state index is 7.31. The molecule has 0 atom stereocenters. The molecule has 5 heteroatoms. The summed E-state index contributed by atoms with van der Waals surface area (Å²) in [4.78, 5) is 0. The number of aromatic nitrogens is 2. The van der Waals surface area contributed by atoms with Crippen molar-refractivity contribution < 1.29 is 9.47 Å².